The molecule has 4 rings (SSSR count). The fourth-order valence-electron chi connectivity index (χ4n) is 3.68. The molecule has 1 fully saturated rings. The molecule has 7 heteroatoms. The third kappa shape index (κ3) is 2.69. The van der Waals surface area contributed by atoms with Crippen LogP contribution in [0.1, 0.15) is 28.1 Å². The van der Waals surface area contributed by atoms with Gasteiger partial charge in [0, 0.05) is 19.2 Å². The first-order valence-electron chi connectivity index (χ1n) is 8.55. The van der Waals surface area contributed by atoms with Crippen molar-refractivity contribution < 1.29 is 14.9 Å². The van der Waals surface area contributed by atoms with Crippen LogP contribution in [0, 0.1) is 0 Å². The lowest BCUT2D eigenvalue weighted by molar-refractivity contribution is -0.341. The standard InChI is InChI=1S/C19H20N4O2S/c20-15-14-13(6-9-22-18(14)26-16(15)17(21)24)23-10-7-19(25,8-11-23)12-4-2-1-3-5-12/h1-6,9,25H,7-8,10-11,20H2,(H2,21,24)/p+1. The van der Waals surface area contributed by atoms with Crippen LogP contribution in [0.3, 0.4) is 0 Å². The number of nitrogens with one attached hydrogen (secondary N) is 1. The molecule has 3 aromatic rings. The number of carbonyl (C=O) groups is 1. The smallest absolute Gasteiger partial charge is 0.272 e. The van der Waals surface area contributed by atoms with Crippen molar-refractivity contribution >= 4 is 38.8 Å². The number of nitrogens with two attached hydrogens (primary N) is 2. The largest absolute Gasteiger partial charge is 0.397 e. The van der Waals surface area contributed by atoms with Crippen LogP contribution in [0.25, 0.3) is 10.2 Å². The van der Waals surface area contributed by atoms with Crippen LogP contribution in [0.15, 0.2) is 42.6 Å². The highest BCUT2D eigenvalue weighted by atomic mass is 32.1. The predicted octanol–water partition coefficient (Wildman–Crippen LogP) is 1.88. The van der Waals surface area contributed by atoms with Crippen LogP contribution in [0.2, 0.25) is 0 Å². The number of anilines is 2. The normalized spacial score (nSPS) is 16.7. The molecule has 0 aliphatic carbocycles. The molecule has 0 atom stereocenters. The van der Waals surface area contributed by atoms with Crippen molar-refractivity contribution in [1.82, 2.24) is 0 Å². The Morgan fingerprint density at radius 1 is 1.19 bits per heavy atom. The van der Waals surface area contributed by atoms with Gasteiger partial charge in [0.05, 0.1) is 17.0 Å². The highest BCUT2D eigenvalue weighted by Crippen LogP contribution is 2.40. The summed E-state index contributed by atoms with van der Waals surface area (Å²) in [6, 6.07) is 11.8. The quantitative estimate of drug-likeness (QED) is 0.655. The number of rotatable bonds is 3. The van der Waals surface area contributed by atoms with Crippen molar-refractivity contribution in [3.63, 3.8) is 0 Å². The summed E-state index contributed by atoms with van der Waals surface area (Å²) in [5.41, 5.74) is 13.2. The topological polar surface area (TPSA) is 107 Å². The minimum atomic E-state index is -0.809. The van der Waals surface area contributed by atoms with Crippen LogP contribution in [-0.2, 0) is 5.60 Å². The van der Waals surface area contributed by atoms with E-state index in [2.05, 4.69) is 9.88 Å². The van der Waals surface area contributed by atoms with Gasteiger partial charge in [-0.1, -0.05) is 41.7 Å². The fraction of sp³-hybridized carbons (Fsp3) is 0.263. The Morgan fingerprint density at radius 2 is 1.88 bits per heavy atom. The molecule has 1 aromatic carbocycles. The van der Waals surface area contributed by atoms with Gasteiger partial charge in [-0.25, -0.2) is 4.98 Å². The molecule has 0 saturated carbocycles. The summed E-state index contributed by atoms with van der Waals surface area (Å²) in [5.74, 6) is -0.514. The van der Waals surface area contributed by atoms with Gasteiger partial charge in [-0.15, -0.1) is 0 Å². The molecule has 2 aromatic heterocycles. The van der Waals surface area contributed by atoms with Crippen LogP contribution in [-0.4, -0.2) is 24.1 Å². The number of aromatic nitrogens is 1. The second-order valence-electron chi connectivity index (χ2n) is 6.66. The van der Waals surface area contributed by atoms with Crippen molar-refractivity contribution in [2.24, 2.45) is 5.73 Å². The van der Waals surface area contributed by atoms with E-state index in [1.165, 1.54) is 11.3 Å². The Hall–Kier alpha value is -2.64. The van der Waals surface area contributed by atoms with Gasteiger partial charge >= 0.3 is 0 Å². The summed E-state index contributed by atoms with van der Waals surface area (Å²) in [6.45, 7) is 1.40. The summed E-state index contributed by atoms with van der Waals surface area (Å²) in [4.78, 5) is 18.2. The average molecular weight is 369 g/mol. The second-order valence-corrected chi connectivity index (χ2v) is 7.68. The lowest BCUT2D eigenvalue weighted by atomic mass is 9.84. The first-order valence-corrected chi connectivity index (χ1v) is 9.36. The van der Waals surface area contributed by atoms with E-state index in [0.29, 0.717) is 36.5 Å². The summed E-state index contributed by atoms with van der Waals surface area (Å²) >= 11 is 1.28. The van der Waals surface area contributed by atoms with E-state index in [1.807, 2.05) is 42.6 Å². The first-order chi connectivity index (χ1) is 12.5. The molecule has 6 nitrogen and oxygen atoms in total. The summed E-state index contributed by atoms with van der Waals surface area (Å²) < 4.78 is 0. The zero-order valence-corrected chi connectivity index (χ0v) is 15.1. The van der Waals surface area contributed by atoms with Gasteiger partial charge in [0.1, 0.15) is 10.3 Å². The highest BCUT2D eigenvalue weighted by Gasteiger charge is 2.35. The number of pyridine rings is 1. The number of thiophene rings is 1. The molecule has 0 bridgehead atoms. The summed E-state index contributed by atoms with van der Waals surface area (Å²) in [7, 11) is 0. The predicted molar refractivity (Wildman–Crippen MR) is 103 cm³/mol. The van der Waals surface area contributed by atoms with Gasteiger partial charge in [0.25, 0.3) is 10.7 Å². The molecule has 0 unspecified atom stereocenters. The molecule has 3 heterocycles. The minimum Gasteiger partial charge on any atom is -0.397 e. The third-order valence-electron chi connectivity index (χ3n) is 5.12. The molecule has 1 saturated heterocycles. The number of H-pyrrole nitrogens is 1. The maximum atomic E-state index is 11.6. The maximum absolute atomic E-state index is 11.6. The van der Waals surface area contributed by atoms with Crippen LogP contribution < -0.4 is 21.4 Å². The van der Waals surface area contributed by atoms with Gasteiger partial charge in [-0.05, 0) is 18.4 Å². The van der Waals surface area contributed by atoms with Crippen molar-refractivity contribution in [1.29, 1.82) is 0 Å². The van der Waals surface area contributed by atoms with Crippen molar-refractivity contribution in [3.05, 3.63) is 53.0 Å². The number of carbonyl (C=O) groups excluding carboxylic acids is 1. The summed E-state index contributed by atoms with van der Waals surface area (Å²) in [5, 5.41) is 11.9. The molecule has 1 aliphatic heterocycles. The number of amides is 1. The van der Waals surface area contributed by atoms with Gasteiger partial charge in [-0.3, -0.25) is 4.79 Å². The molecule has 6 N–H and O–H groups in total. The van der Waals surface area contributed by atoms with Gasteiger partial charge in [0.15, 0.2) is 6.20 Å². The Morgan fingerprint density at radius 3 is 2.54 bits per heavy atom. The van der Waals surface area contributed by atoms with E-state index in [9.17, 15) is 9.90 Å². The van der Waals surface area contributed by atoms with Crippen LogP contribution in [0.4, 0.5) is 11.4 Å². The molecule has 26 heavy (non-hydrogen) atoms. The van der Waals surface area contributed by atoms with E-state index >= 15 is 0 Å². The zero-order valence-electron chi connectivity index (χ0n) is 14.2. The first kappa shape index (κ1) is 16.8. The lowest BCUT2D eigenvalue weighted by Crippen LogP contribution is -2.42. The Bertz CT molecular complexity index is 962. The minimum absolute atomic E-state index is 0.376. The van der Waals surface area contributed by atoms with Gasteiger partial charge in [-0.2, -0.15) is 0 Å². The molecule has 1 amide bonds. The molecule has 0 radical (unpaired) electrons. The number of nitrogen functional groups attached to an aromatic ring is 1. The van der Waals surface area contributed by atoms with E-state index in [-0.39, 0.29) is 0 Å². The average Bonchev–Trinajstić information content (AvgIpc) is 3.00. The van der Waals surface area contributed by atoms with Gasteiger partial charge < -0.3 is 21.5 Å². The maximum Gasteiger partial charge on any atom is 0.272 e. The number of aliphatic hydroxyl groups is 1. The number of benzene rings is 1. The number of fused-ring (bicyclic) bond motifs is 1. The van der Waals surface area contributed by atoms with Crippen molar-refractivity contribution in [2.45, 2.75) is 18.4 Å². The monoisotopic (exact) mass is 369 g/mol. The van der Waals surface area contributed by atoms with Crippen LogP contribution in [0.5, 0.6) is 0 Å². The molecule has 0 spiro atoms. The fourth-order valence-corrected chi connectivity index (χ4v) is 4.64. The number of aromatic amines is 1. The van der Waals surface area contributed by atoms with E-state index in [1.54, 1.807) is 0 Å². The molecular formula is C19H21N4O2S+. The molecular weight excluding hydrogens is 348 g/mol. The molecule has 1 aliphatic rings. The molecule has 134 valence electrons. The second kappa shape index (κ2) is 6.26. The van der Waals surface area contributed by atoms with Crippen molar-refractivity contribution in [3.8, 4) is 0 Å². The van der Waals surface area contributed by atoms with E-state index < -0.39 is 11.5 Å². The number of hydrogen-bond acceptors (Lipinski definition) is 5. The highest BCUT2D eigenvalue weighted by molar-refractivity contribution is 7.20. The zero-order chi connectivity index (χ0) is 18.3. The van der Waals surface area contributed by atoms with E-state index in [0.717, 1.165) is 21.5 Å². The van der Waals surface area contributed by atoms with Crippen LogP contribution >= 0.6 is 11.3 Å². The Labute approximate surface area is 155 Å². The van der Waals surface area contributed by atoms with Gasteiger partial charge in [0.2, 0.25) is 0 Å². The summed E-state index contributed by atoms with van der Waals surface area (Å²) in [6.07, 6.45) is 3.10. The van der Waals surface area contributed by atoms with Crippen molar-refractivity contribution in [2.75, 3.05) is 23.7 Å². The SMILES string of the molecule is NC(=O)c1sc2[nH+]ccc(N3CCC(O)(c4ccccc4)CC3)c2c1N. The number of nitrogens with zero attached hydrogens (tertiary/aromatic N) is 1. The Kier molecular flexibility index (Phi) is 4.05. The third-order valence-corrected chi connectivity index (χ3v) is 6.27. The number of piperidine rings is 1. The van der Waals surface area contributed by atoms with E-state index in [4.69, 9.17) is 11.5 Å². The lowest BCUT2D eigenvalue weighted by Gasteiger charge is -2.39. The number of primary amides is 1. The Balaban J connectivity index is 1.65. The number of hydrogen-bond donors (Lipinski definition) is 3.